The van der Waals surface area contributed by atoms with Gasteiger partial charge in [0.2, 0.25) is 0 Å². The molecule has 0 aromatic carbocycles. The summed E-state index contributed by atoms with van der Waals surface area (Å²) in [5.41, 5.74) is -0.632. The second-order valence-corrected chi connectivity index (χ2v) is 5.68. The number of aryl methyl sites for hydroxylation is 1. The Hall–Kier alpha value is -0.780. The largest absolute Gasteiger partial charge is 0.418 e. The molecule has 1 saturated heterocycles. The van der Waals surface area contributed by atoms with Crippen LogP contribution in [0.4, 0.5) is 19.0 Å². The maximum atomic E-state index is 12.8. The van der Waals surface area contributed by atoms with Crippen molar-refractivity contribution in [2.75, 3.05) is 18.0 Å². The zero-order valence-corrected chi connectivity index (χ0v) is 12.3. The first kappa shape index (κ1) is 14.6. The maximum absolute atomic E-state index is 12.8. The van der Waals surface area contributed by atoms with Gasteiger partial charge in [-0.05, 0) is 41.8 Å². The lowest BCUT2D eigenvalue weighted by Gasteiger charge is -2.24. The molecule has 1 fully saturated rings. The fourth-order valence-corrected chi connectivity index (χ4v) is 2.93. The van der Waals surface area contributed by atoms with Crippen LogP contribution in [-0.4, -0.2) is 18.1 Å². The maximum Gasteiger partial charge on any atom is 0.418 e. The molecule has 0 atom stereocenters. The average Bonchev–Trinajstić information content (AvgIpc) is 2.59. The average molecular weight is 337 g/mol. The number of hydrogen-bond donors (Lipinski definition) is 0. The number of nitrogens with zero attached hydrogens (tertiary/aromatic N) is 2. The molecule has 0 radical (unpaired) electrons. The van der Waals surface area contributed by atoms with E-state index in [1.807, 2.05) is 0 Å². The minimum atomic E-state index is -4.35. The van der Waals surface area contributed by atoms with Crippen molar-refractivity contribution in [1.29, 1.82) is 0 Å². The third-order valence-corrected chi connectivity index (χ3v) is 3.94. The fourth-order valence-electron chi connectivity index (χ4n) is 2.36. The number of hydrogen-bond acceptors (Lipinski definition) is 2. The lowest BCUT2D eigenvalue weighted by atomic mass is 10.2. The van der Waals surface area contributed by atoms with Gasteiger partial charge in [-0.1, -0.05) is 12.8 Å². The minimum Gasteiger partial charge on any atom is -0.356 e. The molecule has 0 spiro atoms. The molecule has 19 heavy (non-hydrogen) atoms. The molecular formula is C13H16BrF3N2. The molecule has 2 heterocycles. The van der Waals surface area contributed by atoms with Gasteiger partial charge in [-0.2, -0.15) is 13.2 Å². The van der Waals surface area contributed by atoms with Crippen LogP contribution in [0.3, 0.4) is 0 Å². The summed E-state index contributed by atoms with van der Waals surface area (Å²) in [7, 11) is 0. The summed E-state index contributed by atoms with van der Waals surface area (Å²) in [6, 6.07) is 1.14. The summed E-state index contributed by atoms with van der Waals surface area (Å²) in [6.07, 6.45) is 0.126. The van der Waals surface area contributed by atoms with Crippen LogP contribution in [0.5, 0.6) is 0 Å². The molecule has 1 aromatic rings. The van der Waals surface area contributed by atoms with E-state index in [4.69, 9.17) is 0 Å². The highest BCUT2D eigenvalue weighted by molar-refractivity contribution is 9.10. The van der Waals surface area contributed by atoms with Crippen LogP contribution in [0.1, 0.15) is 36.9 Å². The Morgan fingerprint density at radius 2 is 1.74 bits per heavy atom. The Morgan fingerprint density at radius 1 is 1.16 bits per heavy atom. The van der Waals surface area contributed by atoms with Gasteiger partial charge in [0, 0.05) is 13.1 Å². The van der Waals surface area contributed by atoms with Gasteiger partial charge in [-0.3, -0.25) is 0 Å². The van der Waals surface area contributed by atoms with Crippen molar-refractivity contribution in [3.63, 3.8) is 0 Å². The zero-order chi connectivity index (χ0) is 14.0. The number of rotatable bonds is 1. The van der Waals surface area contributed by atoms with E-state index in [1.165, 1.54) is 19.8 Å². The van der Waals surface area contributed by atoms with E-state index in [9.17, 15) is 13.2 Å². The summed E-state index contributed by atoms with van der Waals surface area (Å²) in [5.74, 6) is 0.632. The second kappa shape index (κ2) is 5.69. The van der Waals surface area contributed by atoms with E-state index in [0.717, 1.165) is 32.0 Å². The monoisotopic (exact) mass is 336 g/mol. The van der Waals surface area contributed by atoms with E-state index >= 15 is 0 Å². The van der Waals surface area contributed by atoms with Gasteiger partial charge in [0.25, 0.3) is 0 Å². The van der Waals surface area contributed by atoms with E-state index in [-0.39, 0.29) is 5.69 Å². The van der Waals surface area contributed by atoms with Crippen molar-refractivity contribution in [2.24, 2.45) is 0 Å². The van der Waals surface area contributed by atoms with Crippen LogP contribution in [0, 0.1) is 6.92 Å². The molecule has 106 valence electrons. The molecule has 2 rings (SSSR count). The van der Waals surface area contributed by atoms with Crippen LogP contribution in [0.15, 0.2) is 10.5 Å². The SMILES string of the molecule is Cc1nc(N2CCCCCC2)c(Br)cc1C(F)(F)F. The Bertz CT molecular complexity index is 452. The van der Waals surface area contributed by atoms with E-state index in [0.29, 0.717) is 10.3 Å². The lowest BCUT2D eigenvalue weighted by molar-refractivity contribution is -0.138. The number of halogens is 4. The third-order valence-electron chi connectivity index (χ3n) is 3.36. The van der Waals surface area contributed by atoms with Gasteiger partial charge in [-0.15, -0.1) is 0 Å². The molecule has 0 amide bonds. The summed E-state index contributed by atoms with van der Waals surface area (Å²) >= 11 is 3.23. The molecule has 0 saturated carbocycles. The summed E-state index contributed by atoms with van der Waals surface area (Å²) in [5, 5.41) is 0. The molecule has 0 aliphatic carbocycles. The molecule has 0 unspecified atom stereocenters. The Morgan fingerprint density at radius 3 is 2.26 bits per heavy atom. The predicted octanol–water partition coefficient (Wildman–Crippen LogP) is 4.55. The van der Waals surface area contributed by atoms with Gasteiger partial charge in [0.15, 0.2) is 0 Å². The zero-order valence-electron chi connectivity index (χ0n) is 10.7. The highest BCUT2D eigenvalue weighted by Gasteiger charge is 2.34. The van der Waals surface area contributed by atoms with Crippen molar-refractivity contribution >= 4 is 21.7 Å². The van der Waals surface area contributed by atoms with Crippen LogP contribution in [0.25, 0.3) is 0 Å². The van der Waals surface area contributed by atoms with Gasteiger partial charge in [-0.25, -0.2) is 4.98 Å². The standard InChI is InChI=1S/C13H16BrF3N2/c1-9-10(13(15,16)17)8-11(14)12(18-9)19-6-4-2-3-5-7-19/h8H,2-7H2,1H3. The molecular weight excluding hydrogens is 321 g/mol. The quantitative estimate of drug-likeness (QED) is 0.747. The summed E-state index contributed by atoms with van der Waals surface area (Å²) < 4.78 is 38.8. The fraction of sp³-hybridized carbons (Fsp3) is 0.615. The van der Waals surface area contributed by atoms with Gasteiger partial charge >= 0.3 is 6.18 Å². The Balaban J connectivity index is 2.34. The molecule has 0 N–H and O–H groups in total. The van der Waals surface area contributed by atoms with E-state index in [2.05, 4.69) is 25.8 Å². The normalized spacial score (nSPS) is 17.4. The number of aromatic nitrogens is 1. The van der Waals surface area contributed by atoms with Crippen molar-refractivity contribution in [3.8, 4) is 0 Å². The first-order valence-electron chi connectivity index (χ1n) is 6.39. The highest BCUT2D eigenvalue weighted by Crippen LogP contribution is 2.36. The lowest BCUT2D eigenvalue weighted by Crippen LogP contribution is -2.26. The Kier molecular flexibility index (Phi) is 4.38. The first-order valence-corrected chi connectivity index (χ1v) is 7.18. The first-order chi connectivity index (χ1) is 8.89. The molecule has 1 aliphatic heterocycles. The molecule has 1 aromatic heterocycles. The number of pyridine rings is 1. The number of anilines is 1. The molecule has 2 nitrogen and oxygen atoms in total. The van der Waals surface area contributed by atoms with Crippen LogP contribution in [-0.2, 0) is 6.18 Å². The predicted molar refractivity (Wildman–Crippen MR) is 72.4 cm³/mol. The number of alkyl halides is 3. The van der Waals surface area contributed by atoms with Crippen LogP contribution in [0.2, 0.25) is 0 Å². The van der Waals surface area contributed by atoms with E-state index < -0.39 is 11.7 Å². The topological polar surface area (TPSA) is 16.1 Å². The smallest absolute Gasteiger partial charge is 0.356 e. The summed E-state index contributed by atoms with van der Waals surface area (Å²) in [4.78, 5) is 6.24. The van der Waals surface area contributed by atoms with Crippen molar-refractivity contribution in [2.45, 2.75) is 38.8 Å². The third kappa shape index (κ3) is 3.41. The van der Waals surface area contributed by atoms with Crippen molar-refractivity contribution < 1.29 is 13.2 Å². The molecule has 1 aliphatic rings. The van der Waals surface area contributed by atoms with Crippen molar-refractivity contribution in [1.82, 2.24) is 4.98 Å². The molecule has 6 heteroatoms. The van der Waals surface area contributed by atoms with E-state index in [1.54, 1.807) is 0 Å². The van der Waals surface area contributed by atoms with Gasteiger partial charge < -0.3 is 4.90 Å². The van der Waals surface area contributed by atoms with Crippen LogP contribution >= 0.6 is 15.9 Å². The van der Waals surface area contributed by atoms with Gasteiger partial charge in [0.05, 0.1) is 15.7 Å². The van der Waals surface area contributed by atoms with Crippen molar-refractivity contribution in [3.05, 3.63) is 21.8 Å². The second-order valence-electron chi connectivity index (χ2n) is 4.83. The van der Waals surface area contributed by atoms with Gasteiger partial charge in [0.1, 0.15) is 5.82 Å². The highest BCUT2D eigenvalue weighted by atomic mass is 79.9. The summed E-state index contributed by atoms with van der Waals surface area (Å²) in [6.45, 7) is 3.13. The minimum absolute atomic E-state index is 0.0370. The molecule has 0 bridgehead atoms. The Labute approximate surface area is 119 Å². The van der Waals surface area contributed by atoms with Crippen LogP contribution < -0.4 is 4.90 Å².